The minimum absolute atomic E-state index is 0.130. The molecule has 1 saturated carbocycles. The smallest absolute Gasteiger partial charge is 0.240 e. The summed E-state index contributed by atoms with van der Waals surface area (Å²) in [6.07, 6.45) is 10.3. The lowest BCUT2D eigenvalue weighted by Gasteiger charge is -2.14. The fraction of sp³-hybridized carbons (Fsp3) is 0.400. The number of nitrogens with zero attached hydrogens (tertiary/aromatic N) is 5. The summed E-state index contributed by atoms with van der Waals surface area (Å²) in [6, 6.07) is 2.14. The SMILES string of the molecule is Cn1cc(-c2cn3nccc3c(OC3CCC(N)C3)n2)cn1. The van der Waals surface area contributed by atoms with Crippen molar-refractivity contribution in [3.05, 3.63) is 30.9 Å². The van der Waals surface area contributed by atoms with Gasteiger partial charge in [0.05, 0.1) is 24.3 Å². The number of ether oxygens (including phenoxy) is 1. The molecule has 3 aromatic heterocycles. The molecule has 0 amide bonds. The molecule has 1 aliphatic carbocycles. The van der Waals surface area contributed by atoms with Crippen LogP contribution in [0, 0.1) is 0 Å². The first kappa shape index (κ1) is 13.3. The lowest BCUT2D eigenvalue weighted by atomic mass is 10.2. The van der Waals surface area contributed by atoms with Crippen LogP contribution in [0.4, 0.5) is 0 Å². The van der Waals surface area contributed by atoms with Crippen molar-refractivity contribution in [2.75, 3.05) is 0 Å². The van der Waals surface area contributed by atoms with Crippen molar-refractivity contribution < 1.29 is 4.74 Å². The van der Waals surface area contributed by atoms with Gasteiger partial charge >= 0.3 is 0 Å². The number of hydrogen-bond acceptors (Lipinski definition) is 5. The van der Waals surface area contributed by atoms with Gasteiger partial charge in [0, 0.05) is 24.8 Å². The number of rotatable bonds is 3. The summed E-state index contributed by atoms with van der Waals surface area (Å²) in [6.45, 7) is 0. The summed E-state index contributed by atoms with van der Waals surface area (Å²) in [7, 11) is 1.88. The second-order valence-electron chi connectivity index (χ2n) is 5.81. The zero-order chi connectivity index (χ0) is 15.1. The summed E-state index contributed by atoms with van der Waals surface area (Å²) in [5.41, 5.74) is 8.57. The summed E-state index contributed by atoms with van der Waals surface area (Å²) >= 11 is 0. The van der Waals surface area contributed by atoms with Gasteiger partial charge in [0.15, 0.2) is 0 Å². The third kappa shape index (κ3) is 2.33. The Morgan fingerprint density at radius 1 is 1.27 bits per heavy atom. The van der Waals surface area contributed by atoms with Gasteiger partial charge in [-0.1, -0.05) is 0 Å². The van der Waals surface area contributed by atoms with Crippen LogP contribution in [0.5, 0.6) is 5.88 Å². The molecule has 0 aliphatic heterocycles. The fourth-order valence-electron chi connectivity index (χ4n) is 2.92. The molecule has 0 aromatic carbocycles. The third-order valence-corrected chi connectivity index (χ3v) is 4.06. The van der Waals surface area contributed by atoms with Gasteiger partial charge in [0.2, 0.25) is 5.88 Å². The van der Waals surface area contributed by atoms with Crippen LogP contribution in [0.15, 0.2) is 30.9 Å². The monoisotopic (exact) mass is 298 g/mol. The Labute approximate surface area is 127 Å². The van der Waals surface area contributed by atoms with Crippen LogP contribution in [0.1, 0.15) is 19.3 Å². The van der Waals surface area contributed by atoms with Crippen LogP contribution < -0.4 is 10.5 Å². The molecular formula is C15H18N6O. The van der Waals surface area contributed by atoms with E-state index in [0.717, 1.165) is 36.0 Å². The molecule has 2 atom stereocenters. The van der Waals surface area contributed by atoms with Gasteiger partial charge in [-0.3, -0.25) is 4.68 Å². The molecule has 7 nitrogen and oxygen atoms in total. The Hall–Kier alpha value is -2.41. The maximum absolute atomic E-state index is 6.11. The molecule has 0 saturated heterocycles. The van der Waals surface area contributed by atoms with Crippen molar-refractivity contribution in [1.82, 2.24) is 24.4 Å². The first-order valence-corrected chi connectivity index (χ1v) is 7.45. The van der Waals surface area contributed by atoms with E-state index in [9.17, 15) is 0 Å². The van der Waals surface area contributed by atoms with Gasteiger partial charge in [-0.2, -0.15) is 10.2 Å². The Bertz CT molecular complexity index is 807. The van der Waals surface area contributed by atoms with Crippen molar-refractivity contribution in [3.63, 3.8) is 0 Å². The second kappa shape index (κ2) is 5.10. The van der Waals surface area contributed by atoms with Crippen molar-refractivity contribution >= 4 is 5.52 Å². The van der Waals surface area contributed by atoms with Crippen molar-refractivity contribution in [2.24, 2.45) is 12.8 Å². The molecule has 2 N–H and O–H groups in total. The van der Waals surface area contributed by atoms with E-state index in [1.54, 1.807) is 21.6 Å². The predicted molar refractivity (Wildman–Crippen MR) is 81.4 cm³/mol. The molecule has 3 heterocycles. The van der Waals surface area contributed by atoms with E-state index in [2.05, 4.69) is 15.2 Å². The molecule has 1 fully saturated rings. The highest BCUT2D eigenvalue weighted by atomic mass is 16.5. The standard InChI is InChI=1S/C15H18N6O/c1-20-8-10(7-18-20)13-9-21-14(4-5-17-21)15(19-13)22-12-3-2-11(16)6-12/h4-5,7-9,11-12H,2-3,6,16H2,1H3. The normalized spacial score (nSPS) is 21.5. The van der Waals surface area contributed by atoms with Gasteiger partial charge in [0.25, 0.3) is 0 Å². The quantitative estimate of drug-likeness (QED) is 0.790. The number of aromatic nitrogens is 5. The van der Waals surface area contributed by atoms with Crippen molar-refractivity contribution in [2.45, 2.75) is 31.4 Å². The molecule has 2 unspecified atom stereocenters. The number of fused-ring (bicyclic) bond motifs is 1. The number of aryl methyl sites for hydroxylation is 1. The molecule has 7 heteroatoms. The summed E-state index contributed by atoms with van der Waals surface area (Å²) < 4.78 is 9.65. The van der Waals surface area contributed by atoms with Gasteiger partial charge in [-0.05, 0) is 25.3 Å². The van der Waals surface area contributed by atoms with Crippen LogP contribution in [-0.2, 0) is 7.05 Å². The van der Waals surface area contributed by atoms with Crippen LogP contribution >= 0.6 is 0 Å². The molecular weight excluding hydrogens is 280 g/mol. The first-order chi connectivity index (χ1) is 10.7. The van der Waals surface area contributed by atoms with E-state index in [0.29, 0.717) is 5.88 Å². The fourth-order valence-corrected chi connectivity index (χ4v) is 2.92. The van der Waals surface area contributed by atoms with E-state index in [1.807, 2.05) is 25.5 Å². The van der Waals surface area contributed by atoms with Crippen molar-refractivity contribution in [1.29, 1.82) is 0 Å². The molecule has 22 heavy (non-hydrogen) atoms. The summed E-state index contributed by atoms with van der Waals surface area (Å²) in [5, 5.41) is 8.50. The third-order valence-electron chi connectivity index (χ3n) is 4.06. The molecule has 4 rings (SSSR count). The Morgan fingerprint density at radius 3 is 2.91 bits per heavy atom. The molecule has 3 aromatic rings. The maximum Gasteiger partial charge on any atom is 0.240 e. The predicted octanol–water partition coefficient (Wildman–Crippen LogP) is 1.39. The minimum Gasteiger partial charge on any atom is -0.473 e. The lowest BCUT2D eigenvalue weighted by molar-refractivity contribution is 0.202. The van der Waals surface area contributed by atoms with Gasteiger partial charge < -0.3 is 10.5 Å². The van der Waals surface area contributed by atoms with Gasteiger partial charge in [-0.15, -0.1) is 0 Å². The van der Waals surface area contributed by atoms with Gasteiger partial charge in [-0.25, -0.2) is 9.50 Å². The lowest BCUT2D eigenvalue weighted by Crippen LogP contribution is -2.19. The van der Waals surface area contributed by atoms with E-state index in [-0.39, 0.29) is 12.1 Å². The molecule has 114 valence electrons. The van der Waals surface area contributed by atoms with Crippen LogP contribution in [0.2, 0.25) is 0 Å². The average molecular weight is 298 g/mol. The van der Waals surface area contributed by atoms with E-state index < -0.39 is 0 Å². The summed E-state index contributed by atoms with van der Waals surface area (Å²) in [5.74, 6) is 0.609. The molecule has 1 aliphatic rings. The number of hydrogen-bond donors (Lipinski definition) is 1. The Balaban J connectivity index is 1.74. The van der Waals surface area contributed by atoms with E-state index in [1.165, 1.54) is 0 Å². The first-order valence-electron chi connectivity index (χ1n) is 7.45. The zero-order valence-electron chi connectivity index (χ0n) is 12.4. The number of nitrogens with two attached hydrogens (primary N) is 1. The van der Waals surface area contributed by atoms with Crippen LogP contribution in [0.3, 0.4) is 0 Å². The van der Waals surface area contributed by atoms with Gasteiger partial charge in [0.1, 0.15) is 11.6 Å². The van der Waals surface area contributed by atoms with E-state index >= 15 is 0 Å². The van der Waals surface area contributed by atoms with Crippen molar-refractivity contribution in [3.8, 4) is 17.1 Å². The van der Waals surface area contributed by atoms with E-state index in [4.69, 9.17) is 10.5 Å². The summed E-state index contributed by atoms with van der Waals surface area (Å²) in [4.78, 5) is 4.67. The maximum atomic E-state index is 6.11. The highest BCUT2D eigenvalue weighted by Gasteiger charge is 2.24. The average Bonchev–Trinajstić information content (AvgIpc) is 3.20. The van der Waals surface area contributed by atoms with Crippen LogP contribution in [-0.4, -0.2) is 36.5 Å². The largest absolute Gasteiger partial charge is 0.473 e. The minimum atomic E-state index is 0.130. The highest BCUT2D eigenvalue weighted by Crippen LogP contribution is 2.28. The highest BCUT2D eigenvalue weighted by molar-refractivity contribution is 5.63. The Morgan fingerprint density at radius 2 is 2.18 bits per heavy atom. The zero-order valence-corrected chi connectivity index (χ0v) is 12.4. The molecule has 0 spiro atoms. The Kier molecular flexibility index (Phi) is 3.07. The topological polar surface area (TPSA) is 83.3 Å². The second-order valence-corrected chi connectivity index (χ2v) is 5.81. The molecule has 0 radical (unpaired) electrons. The molecule has 0 bridgehead atoms. The van der Waals surface area contributed by atoms with Crippen LogP contribution in [0.25, 0.3) is 16.8 Å².